The molecular formula is C15H15ClF3NO7S. The van der Waals surface area contributed by atoms with Gasteiger partial charge in [0.05, 0.1) is 15.2 Å². The molecule has 2 rings (SSSR count). The van der Waals surface area contributed by atoms with Gasteiger partial charge in [0, 0.05) is 12.6 Å². The fourth-order valence-corrected chi connectivity index (χ4v) is 4.94. The Balaban J connectivity index is 2.29. The second-order valence-corrected chi connectivity index (χ2v) is 8.69. The molecule has 1 fully saturated rings. The van der Waals surface area contributed by atoms with Crippen LogP contribution in [0.1, 0.15) is 13.3 Å². The molecule has 3 atom stereocenters. The van der Waals surface area contributed by atoms with Crippen LogP contribution in [0.15, 0.2) is 23.1 Å². The molecule has 0 spiro atoms. The molecule has 2 N–H and O–H groups in total. The zero-order valence-electron chi connectivity index (χ0n) is 14.2. The van der Waals surface area contributed by atoms with Crippen LogP contribution in [-0.4, -0.2) is 65.7 Å². The van der Waals surface area contributed by atoms with E-state index in [2.05, 4.69) is 4.74 Å². The number of rotatable bonds is 5. The van der Waals surface area contributed by atoms with Gasteiger partial charge in [0.2, 0.25) is 0 Å². The first kappa shape index (κ1) is 22.1. The fraction of sp³-hybridized carbons (Fsp3) is 0.467. The molecule has 8 nitrogen and oxygen atoms in total. The third-order valence-corrected chi connectivity index (χ3v) is 6.83. The van der Waals surface area contributed by atoms with Crippen molar-refractivity contribution in [3.63, 3.8) is 0 Å². The topological polar surface area (TPSA) is 121 Å². The van der Waals surface area contributed by atoms with Crippen molar-refractivity contribution >= 4 is 33.5 Å². The van der Waals surface area contributed by atoms with E-state index >= 15 is 0 Å². The van der Waals surface area contributed by atoms with Crippen LogP contribution in [0.25, 0.3) is 0 Å². The summed E-state index contributed by atoms with van der Waals surface area (Å²) < 4.78 is 67.9. The average Bonchev–Trinajstić information content (AvgIpc) is 3.00. The number of carboxylic acids is 1. The van der Waals surface area contributed by atoms with E-state index in [0.29, 0.717) is 4.90 Å². The highest BCUT2D eigenvalue weighted by molar-refractivity contribution is 7.92. The van der Waals surface area contributed by atoms with Gasteiger partial charge in [-0.05, 0) is 25.5 Å². The molecule has 1 aromatic carbocycles. The Bertz CT molecular complexity index is 868. The summed E-state index contributed by atoms with van der Waals surface area (Å²) in [6, 6.07) is 1.29. The van der Waals surface area contributed by atoms with Crippen molar-refractivity contribution in [2.75, 3.05) is 6.54 Å². The van der Waals surface area contributed by atoms with Crippen LogP contribution in [0.3, 0.4) is 0 Å². The Morgan fingerprint density at radius 2 is 1.93 bits per heavy atom. The van der Waals surface area contributed by atoms with E-state index in [4.69, 9.17) is 21.8 Å². The van der Waals surface area contributed by atoms with E-state index in [0.717, 1.165) is 25.1 Å². The molecule has 0 saturated carbocycles. The third kappa shape index (κ3) is 4.43. The van der Waals surface area contributed by atoms with Crippen molar-refractivity contribution in [2.24, 2.45) is 0 Å². The number of ether oxygens (including phenoxy) is 1. The number of likely N-dealkylation sites (tertiary alicyclic amines) is 1. The largest absolute Gasteiger partial charge is 0.481 e. The minimum Gasteiger partial charge on any atom is -0.481 e. The maximum Gasteiger partial charge on any atom is 0.425 e. The number of nitrogens with zero attached hydrogens (tertiary/aromatic N) is 1. The second-order valence-electron chi connectivity index (χ2n) is 6.09. The summed E-state index contributed by atoms with van der Waals surface area (Å²) in [4.78, 5) is 22.4. The molecule has 0 unspecified atom stereocenters. The van der Waals surface area contributed by atoms with E-state index in [1.165, 1.54) is 0 Å². The molecule has 1 aliphatic rings. The summed E-state index contributed by atoms with van der Waals surface area (Å²) in [5, 5.41) is 16.4. The summed E-state index contributed by atoms with van der Waals surface area (Å²) in [6.45, 7) is 0.192. The zero-order chi connectivity index (χ0) is 21.4. The van der Waals surface area contributed by atoms with Crippen molar-refractivity contribution in [3.05, 3.63) is 23.2 Å². The van der Waals surface area contributed by atoms with Gasteiger partial charge in [-0.2, -0.15) is 13.2 Å². The lowest BCUT2D eigenvalue weighted by Crippen LogP contribution is -2.39. The van der Waals surface area contributed by atoms with Crippen molar-refractivity contribution in [2.45, 2.75) is 41.8 Å². The minimum absolute atomic E-state index is 0.309. The third-order valence-electron chi connectivity index (χ3n) is 4.22. The molecule has 0 bridgehead atoms. The molecule has 1 aromatic rings. The van der Waals surface area contributed by atoms with Gasteiger partial charge < -0.3 is 14.9 Å². The SMILES string of the molecule is C[C@H](Oc1ccc(S(=O)(=O)[C@@H]2C[C@@H](C(=O)O)N(C(=O)O)C2)c(Cl)c1)C(F)(F)F. The predicted octanol–water partition coefficient (Wildman–Crippen LogP) is 2.65. The number of hydrogen-bond acceptors (Lipinski definition) is 5. The first-order valence-electron chi connectivity index (χ1n) is 7.74. The van der Waals surface area contributed by atoms with Gasteiger partial charge in [-0.25, -0.2) is 18.0 Å². The van der Waals surface area contributed by atoms with E-state index < -0.39 is 68.4 Å². The molecule has 1 heterocycles. The van der Waals surface area contributed by atoms with Gasteiger partial charge in [-0.3, -0.25) is 4.90 Å². The molecule has 0 aliphatic carbocycles. The normalized spacial score (nSPS) is 21.4. The van der Waals surface area contributed by atoms with E-state index in [-0.39, 0.29) is 5.75 Å². The van der Waals surface area contributed by atoms with Gasteiger partial charge in [-0.1, -0.05) is 11.6 Å². The lowest BCUT2D eigenvalue weighted by atomic mass is 10.2. The van der Waals surface area contributed by atoms with E-state index in [1.807, 2.05) is 0 Å². The summed E-state index contributed by atoms with van der Waals surface area (Å²) in [7, 11) is -4.25. The van der Waals surface area contributed by atoms with Crippen LogP contribution in [0, 0.1) is 0 Å². The molecule has 1 amide bonds. The van der Waals surface area contributed by atoms with Crippen LogP contribution in [0.4, 0.5) is 18.0 Å². The van der Waals surface area contributed by atoms with E-state index in [9.17, 15) is 31.2 Å². The maximum absolute atomic E-state index is 12.8. The van der Waals surface area contributed by atoms with Crippen LogP contribution in [0.5, 0.6) is 5.75 Å². The molecule has 0 radical (unpaired) electrons. The number of sulfone groups is 1. The molecule has 1 saturated heterocycles. The smallest absolute Gasteiger partial charge is 0.425 e. The molecule has 156 valence electrons. The first-order valence-corrected chi connectivity index (χ1v) is 9.66. The number of halogens is 4. The highest BCUT2D eigenvalue weighted by Crippen LogP contribution is 2.34. The van der Waals surface area contributed by atoms with Gasteiger partial charge in [-0.15, -0.1) is 0 Å². The van der Waals surface area contributed by atoms with Crippen molar-refractivity contribution in [1.29, 1.82) is 0 Å². The van der Waals surface area contributed by atoms with Crippen molar-refractivity contribution in [3.8, 4) is 5.75 Å². The van der Waals surface area contributed by atoms with Crippen molar-refractivity contribution < 1.29 is 46.1 Å². The standard InChI is InChI=1S/C15H15ClF3NO7S/c1-7(15(17,18)19)27-8-2-3-12(10(16)4-8)28(25,26)9-5-11(13(21)22)20(6-9)14(23)24/h2-4,7,9,11H,5-6H2,1H3,(H,21,22)(H,23,24)/t7-,9+,11-/m0/s1. The number of carboxylic acid groups (broad SMARTS) is 2. The molecule has 13 heteroatoms. The molecule has 28 heavy (non-hydrogen) atoms. The first-order chi connectivity index (χ1) is 12.7. The van der Waals surface area contributed by atoms with E-state index in [1.54, 1.807) is 0 Å². The molecule has 0 aromatic heterocycles. The van der Waals surface area contributed by atoms with Gasteiger partial charge in [0.15, 0.2) is 15.9 Å². The monoisotopic (exact) mass is 445 g/mol. The number of aliphatic carboxylic acids is 1. The molecular weight excluding hydrogens is 431 g/mol. The number of amides is 1. The number of alkyl halides is 3. The van der Waals surface area contributed by atoms with Gasteiger partial charge >= 0.3 is 18.2 Å². The Hall–Kier alpha value is -2.21. The Morgan fingerprint density at radius 3 is 2.36 bits per heavy atom. The fourth-order valence-electron chi connectivity index (χ4n) is 2.70. The summed E-state index contributed by atoms with van der Waals surface area (Å²) in [5.41, 5.74) is 0. The average molecular weight is 446 g/mol. The van der Waals surface area contributed by atoms with Gasteiger partial charge in [0.1, 0.15) is 11.8 Å². The summed E-state index contributed by atoms with van der Waals surface area (Å²) in [6.07, 6.45) is -8.85. The maximum atomic E-state index is 12.8. The quantitative estimate of drug-likeness (QED) is 0.714. The number of benzene rings is 1. The number of hydrogen-bond donors (Lipinski definition) is 2. The Morgan fingerprint density at radius 1 is 1.32 bits per heavy atom. The van der Waals surface area contributed by atoms with Crippen LogP contribution < -0.4 is 4.74 Å². The van der Waals surface area contributed by atoms with Gasteiger partial charge in [0.25, 0.3) is 0 Å². The summed E-state index contributed by atoms with van der Waals surface area (Å²) in [5.74, 6) is -1.80. The van der Waals surface area contributed by atoms with Crippen molar-refractivity contribution in [1.82, 2.24) is 4.90 Å². The minimum atomic E-state index is -4.63. The predicted molar refractivity (Wildman–Crippen MR) is 89.3 cm³/mol. The molecule has 1 aliphatic heterocycles. The second kappa shape index (κ2) is 7.66. The van der Waals surface area contributed by atoms with Crippen LogP contribution in [-0.2, 0) is 14.6 Å². The van der Waals surface area contributed by atoms with Crippen LogP contribution >= 0.6 is 11.6 Å². The Labute approximate surface area is 162 Å². The highest BCUT2D eigenvalue weighted by atomic mass is 35.5. The van der Waals surface area contributed by atoms with Crippen LogP contribution in [0.2, 0.25) is 5.02 Å². The number of carbonyl (C=O) groups is 2. The zero-order valence-corrected chi connectivity index (χ0v) is 15.8. The highest BCUT2D eigenvalue weighted by Gasteiger charge is 2.46. The summed E-state index contributed by atoms with van der Waals surface area (Å²) >= 11 is 5.90. The Kier molecular flexibility index (Phi) is 6.04. The lowest BCUT2D eigenvalue weighted by Gasteiger charge is -2.19. The lowest BCUT2D eigenvalue weighted by molar-refractivity contribution is -0.189.